The van der Waals surface area contributed by atoms with E-state index >= 15 is 0 Å². The van der Waals surface area contributed by atoms with Crippen LogP contribution in [-0.4, -0.2) is 15.0 Å². The first-order valence-corrected chi connectivity index (χ1v) is 6.45. The lowest BCUT2D eigenvalue weighted by molar-refractivity contribution is 0.278. The highest BCUT2D eigenvalue weighted by Crippen LogP contribution is 2.14. The molecule has 0 spiro atoms. The summed E-state index contributed by atoms with van der Waals surface area (Å²) in [6.07, 6.45) is 1.77. The first-order valence-electron chi connectivity index (χ1n) is 5.57. The van der Waals surface area contributed by atoms with Crippen LogP contribution in [0.15, 0.2) is 35.8 Å². The van der Waals surface area contributed by atoms with Gasteiger partial charge in [0.15, 0.2) is 0 Å². The van der Waals surface area contributed by atoms with Crippen molar-refractivity contribution in [3.05, 3.63) is 46.5 Å². The summed E-state index contributed by atoms with van der Waals surface area (Å²) in [6, 6.07) is 8.21. The van der Waals surface area contributed by atoms with Gasteiger partial charge in [0.25, 0.3) is 0 Å². The summed E-state index contributed by atoms with van der Waals surface area (Å²) in [5, 5.41) is 4.03. The molecule has 3 rings (SSSR count). The molecule has 0 aliphatic heterocycles. The summed E-state index contributed by atoms with van der Waals surface area (Å²) in [5.41, 5.74) is 1.80. The third-order valence-electron chi connectivity index (χ3n) is 2.48. The second-order valence-corrected chi connectivity index (χ2v) is 4.92. The summed E-state index contributed by atoms with van der Waals surface area (Å²) in [5.74, 6) is 0. The highest BCUT2D eigenvalue weighted by molar-refractivity contribution is 7.09. The maximum atomic E-state index is 5.54. The number of para-hydroxylation sites is 1. The van der Waals surface area contributed by atoms with Crippen molar-refractivity contribution in [2.45, 2.75) is 13.5 Å². The first kappa shape index (κ1) is 13.7. The van der Waals surface area contributed by atoms with Gasteiger partial charge >= 0.3 is 6.01 Å². The third kappa shape index (κ3) is 3.19. The van der Waals surface area contributed by atoms with Gasteiger partial charge in [-0.25, -0.2) is 9.97 Å². The van der Waals surface area contributed by atoms with Crippen LogP contribution in [0.3, 0.4) is 0 Å². The largest absolute Gasteiger partial charge is 0.457 e. The number of ether oxygens (including phenoxy) is 1. The minimum absolute atomic E-state index is 0. The van der Waals surface area contributed by atoms with Crippen molar-refractivity contribution in [2.75, 3.05) is 0 Å². The van der Waals surface area contributed by atoms with Gasteiger partial charge in [0, 0.05) is 17.0 Å². The van der Waals surface area contributed by atoms with Crippen molar-refractivity contribution in [3.63, 3.8) is 0 Å². The van der Waals surface area contributed by atoms with Gasteiger partial charge in [-0.3, -0.25) is 0 Å². The molecule has 98 valence electrons. The molecule has 3 aromatic rings. The zero-order valence-electron chi connectivity index (χ0n) is 10.2. The van der Waals surface area contributed by atoms with Crippen LogP contribution < -0.4 is 4.74 Å². The van der Waals surface area contributed by atoms with E-state index in [0.717, 1.165) is 21.6 Å². The van der Waals surface area contributed by atoms with Crippen LogP contribution in [-0.2, 0) is 6.61 Å². The monoisotopic (exact) mass is 293 g/mol. The summed E-state index contributed by atoms with van der Waals surface area (Å²) in [6.45, 7) is 2.38. The van der Waals surface area contributed by atoms with Gasteiger partial charge in [0.1, 0.15) is 6.61 Å². The minimum Gasteiger partial charge on any atom is -0.457 e. The zero-order valence-corrected chi connectivity index (χ0v) is 11.9. The average Bonchev–Trinajstić information content (AvgIpc) is 2.82. The second-order valence-electron chi connectivity index (χ2n) is 3.86. The molecule has 0 saturated heterocycles. The molecular weight excluding hydrogens is 282 g/mol. The number of hydrogen-bond acceptors (Lipinski definition) is 5. The number of nitrogens with zero attached hydrogens (tertiary/aromatic N) is 3. The number of halogens is 1. The quantitative estimate of drug-likeness (QED) is 0.742. The molecule has 6 heteroatoms. The number of aromatic nitrogens is 3. The van der Waals surface area contributed by atoms with Gasteiger partial charge < -0.3 is 4.74 Å². The number of benzene rings is 1. The van der Waals surface area contributed by atoms with E-state index in [0.29, 0.717) is 12.6 Å². The Kier molecular flexibility index (Phi) is 4.29. The van der Waals surface area contributed by atoms with E-state index in [2.05, 4.69) is 15.0 Å². The fourth-order valence-corrected chi connectivity index (χ4v) is 2.24. The molecule has 1 aromatic carbocycles. The minimum atomic E-state index is 0. The fourth-order valence-electron chi connectivity index (χ4n) is 1.64. The van der Waals surface area contributed by atoms with Crippen LogP contribution in [0.1, 0.15) is 10.7 Å². The Labute approximate surface area is 120 Å². The van der Waals surface area contributed by atoms with E-state index in [1.807, 2.05) is 36.6 Å². The number of rotatable bonds is 3. The lowest BCUT2D eigenvalue weighted by Gasteiger charge is -2.03. The van der Waals surface area contributed by atoms with Crippen LogP contribution in [0.5, 0.6) is 6.01 Å². The Hall–Kier alpha value is -1.72. The molecule has 2 aromatic heterocycles. The zero-order chi connectivity index (χ0) is 12.4. The molecule has 0 aliphatic rings. The van der Waals surface area contributed by atoms with Gasteiger partial charge in [-0.2, -0.15) is 4.98 Å². The Bertz CT molecular complexity index is 686. The van der Waals surface area contributed by atoms with Crippen molar-refractivity contribution in [2.24, 2.45) is 0 Å². The summed E-state index contributed by atoms with van der Waals surface area (Å²) < 4.78 is 5.54. The Morgan fingerprint density at radius 3 is 2.84 bits per heavy atom. The van der Waals surface area contributed by atoms with E-state index in [9.17, 15) is 0 Å². The molecule has 0 unspecified atom stereocenters. The highest BCUT2D eigenvalue weighted by atomic mass is 35.5. The molecule has 0 fully saturated rings. The predicted molar refractivity (Wildman–Crippen MR) is 78.0 cm³/mol. The Morgan fingerprint density at radius 1 is 1.21 bits per heavy atom. The molecule has 0 aliphatic carbocycles. The second kappa shape index (κ2) is 5.95. The van der Waals surface area contributed by atoms with Gasteiger partial charge in [-0.1, -0.05) is 18.2 Å². The molecule has 0 bridgehead atoms. The molecule has 0 saturated carbocycles. The smallest absolute Gasteiger partial charge is 0.317 e. The molecule has 0 atom stereocenters. The highest BCUT2D eigenvalue weighted by Gasteiger charge is 2.03. The van der Waals surface area contributed by atoms with Crippen LogP contribution in [0.25, 0.3) is 10.9 Å². The first-order chi connectivity index (χ1) is 8.81. The average molecular weight is 294 g/mol. The topological polar surface area (TPSA) is 47.9 Å². The van der Waals surface area contributed by atoms with Crippen molar-refractivity contribution in [3.8, 4) is 6.01 Å². The predicted octanol–water partition coefficient (Wildman–Crippen LogP) is 3.40. The van der Waals surface area contributed by atoms with E-state index in [1.54, 1.807) is 17.5 Å². The maximum absolute atomic E-state index is 5.54. The van der Waals surface area contributed by atoms with Gasteiger partial charge in [0.05, 0.1) is 16.2 Å². The Balaban J connectivity index is 0.00000133. The summed E-state index contributed by atoms with van der Waals surface area (Å²) in [4.78, 5) is 12.8. The van der Waals surface area contributed by atoms with Crippen LogP contribution in [0.2, 0.25) is 0 Å². The lowest BCUT2D eigenvalue weighted by Crippen LogP contribution is -1.99. The summed E-state index contributed by atoms with van der Waals surface area (Å²) in [7, 11) is 0. The standard InChI is InChI=1S/C13H11N3OS.ClH/c1-9-15-11(8-18-9)7-17-13-14-6-10-4-2-3-5-12(10)16-13;/h2-6,8H,7H2,1H3;1H. The van der Waals surface area contributed by atoms with Crippen molar-refractivity contribution in [1.82, 2.24) is 15.0 Å². The fraction of sp³-hybridized carbons (Fsp3) is 0.154. The van der Waals surface area contributed by atoms with Crippen molar-refractivity contribution >= 4 is 34.6 Å². The van der Waals surface area contributed by atoms with Gasteiger partial charge in [-0.05, 0) is 13.0 Å². The molecule has 4 nitrogen and oxygen atoms in total. The van der Waals surface area contributed by atoms with E-state index in [1.165, 1.54) is 0 Å². The van der Waals surface area contributed by atoms with Gasteiger partial charge in [0.2, 0.25) is 0 Å². The third-order valence-corrected chi connectivity index (χ3v) is 3.30. The number of thiazole rings is 1. The van der Waals surface area contributed by atoms with Gasteiger partial charge in [-0.15, -0.1) is 23.7 Å². The van der Waals surface area contributed by atoms with Crippen LogP contribution in [0.4, 0.5) is 0 Å². The lowest BCUT2D eigenvalue weighted by atomic mass is 10.2. The summed E-state index contributed by atoms with van der Waals surface area (Å²) >= 11 is 1.61. The molecule has 0 N–H and O–H groups in total. The Morgan fingerprint density at radius 2 is 2.05 bits per heavy atom. The van der Waals surface area contributed by atoms with Crippen LogP contribution >= 0.6 is 23.7 Å². The van der Waals surface area contributed by atoms with E-state index in [4.69, 9.17) is 4.74 Å². The van der Waals surface area contributed by atoms with Crippen molar-refractivity contribution < 1.29 is 4.74 Å². The molecule has 0 amide bonds. The molecule has 2 heterocycles. The number of fused-ring (bicyclic) bond motifs is 1. The molecule has 19 heavy (non-hydrogen) atoms. The SMILES string of the molecule is Cc1nc(COc2ncc3ccccc3n2)cs1.Cl. The van der Waals surface area contributed by atoms with E-state index in [-0.39, 0.29) is 12.4 Å². The maximum Gasteiger partial charge on any atom is 0.317 e. The van der Waals surface area contributed by atoms with Crippen LogP contribution in [0, 0.1) is 6.92 Å². The molecular formula is C13H12ClN3OS. The number of hydrogen-bond donors (Lipinski definition) is 0. The number of aryl methyl sites for hydroxylation is 1. The normalized spacial score (nSPS) is 10.2. The molecule has 0 radical (unpaired) electrons. The van der Waals surface area contributed by atoms with E-state index < -0.39 is 0 Å². The van der Waals surface area contributed by atoms with Crippen molar-refractivity contribution in [1.29, 1.82) is 0 Å².